The summed E-state index contributed by atoms with van der Waals surface area (Å²) in [6.45, 7) is 1.98. The highest BCUT2D eigenvalue weighted by molar-refractivity contribution is 7.89. The van der Waals surface area contributed by atoms with E-state index in [1.165, 1.54) is 24.3 Å². The van der Waals surface area contributed by atoms with Gasteiger partial charge in [0.05, 0.1) is 29.0 Å². The molecule has 0 atom stereocenters. The molecule has 0 aliphatic carbocycles. The van der Waals surface area contributed by atoms with Gasteiger partial charge >= 0.3 is 5.97 Å². The lowest BCUT2D eigenvalue weighted by Gasteiger charge is -2.12. The Kier molecular flexibility index (Phi) is 7.23. The summed E-state index contributed by atoms with van der Waals surface area (Å²) in [5, 5.41) is 4.77. The highest BCUT2D eigenvalue weighted by Crippen LogP contribution is 2.15. The van der Waals surface area contributed by atoms with Gasteiger partial charge in [0.25, 0.3) is 21.5 Å². The number of carbonyl (C=O) groups excluding carboxylic acids is 2. The van der Waals surface area contributed by atoms with Crippen LogP contribution in [0.1, 0.15) is 33.3 Å². The van der Waals surface area contributed by atoms with E-state index >= 15 is 0 Å². The fourth-order valence-corrected chi connectivity index (χ4v) is 4.32. The van der Waals surface area contributed by atoms with Gasteiger partial charge in [-0.05, 0) is 42.8 Å². The number of fused-ring (bicyclic) bond motifs is 1. The van der Waals surface area contributed by atoms with Crippen LogP contribution in [0.2, 0.25) is 0 Å². The predicted octanol–water partition coefficient (Wildman–Crippen LogP) is 2.24. The molecule has 0 radical (unpaired) electrons. The third kappa shape index (κ3) is 5.32. The van der Waals surface area contributed by atoms with Crippen LogP contribution in [-0.4, -0.2) is 36.7 Å². The Morgan fingerprint density at radius 1 is 0.917 bits per heavy atom. The molecule has 0 saturated heterocycles. The SMILES string of the molecule is CCOC(=O)c1ccc(S(=O)(=O)NNC(=O)c2nn(Cc3ccccc3)c(=O)c3ccccc23)cc1. The fourth-order valence-electron chi connectivity index (χ4n) is 3.48. The Morgan fingerprint density at radius 3 is 2.22 bits per heavy atom. The Bertz CT molecular complexity index is 1580. The second kappa shape index (κ2) is 10.5. The first kappa shape index (κ1) is 24.8. The largest absolute Gasteiger partial charge is 0.462 e. The van der Waals surface area contributed by atoms with Crippen molar-refractivity contribution in [2.75, 3.05) is 6.61 Å². The Morgan fingerprint density at radius 2 is 1.56 bits per heavy atom. The molecule has 1 heterocycles. The second-order valence-electron chi connectivity index (χ2n) is 7.65. The number of esters is 1. The number of nitrogens with zero attached hydrogens (tertiary/aromatic N) is 2. The lowest BCUT2D eigenvalue weighted by Crippen LogP contribution is -2.42. The molecule has 10 nitrogen and oxygen atoms in total. The van der Waals surface area contributed by atoms with Crippen molar-refractivity contribution >= 4 is 32.7 Å². The van der Waals surface area contributed by atoms with Crippen molar-refractivity contribution < 1.29 is 22.7 Å². The molecule has 0 fully saturated rings. The predicted molar refractivity (Wildman–Crippen MR) is 132 cm³/mol. The van der Waals surface area contributed by atoms with Crippen LogP contribution >= 0.6 is 0 Å². The molecule has 0 aliphatic rings. The molecular weight excluding hydrogens is 484 g/mol. The van der Waals surface area contributed by atoms with Gasteiger partial charge in [-0.25, -0.2) is 17.9 Å². The molecule has 4 rings (SSSR count). The van der Waals surface area contributed by atoms with E-state index < -0.39 is 21.9 Å². The average Bonchev–Trinajstić information content (AvgIpc) is 2.90. The average molecular weight is 507 g/mol. The van der Waals surface area contributed by atoms with E-state index in [0.29, 0.717) is 0 Å². The van der Waals surface area contributed by atoms with Crippen LogP contribution in [0.5, 0.6) is 0 Å². The minimum atomic E-state index is -4.17. The van der Waals surface area contributed by atoms with Crippen molar-refractivity contribution in [2.45, 2.75) is 18.4 Å². The van der Waals surface area contributed by atoms with E-state index in [1.807, 2.05) is 35.2 Å². The van der Waals surface area contributed by atoms with Crippen LogP contribution in [0, 0.1) is 0 Å². The first-order valence-electron chi connectivity index (χ1n) is 10.9. The maximum Gasteiger partial charge on any atom is 0.338 e. The summed E-state index contributed by atoms with van der Waals surface area (Å²) >= 11 is 0. The minimum Gasteiger partial charge on any atom is -0.462 e. The molecule has 0 saturated carbocycles. The number of nitrogens with one attached hydrogen (secondary N) is 2. The van der Waals surface area contributed by atoms with Gasteiger partial charge in [0, 0.05) is 5.39 Å². The first-order valence-corrected chi connectivity index (χ1v) is 12.4. The number of hydrazine groups is 1. The highest BCUT2D eigenvalue weighted by Gasteiger charge is 2.20. The van der Waals surface area contributed by atoms with Crippen LogP contribution in [0.15, 0.2) is 88.6 Å². The monoisotopic (exact) mass is 506 g/mol. The number of carbonyl (C=O) groups is 2. The summed E-state index contributed by atoms with van der Waals surface area (Å²) in [7, 11) is -4.17. The number of sulfonamides is 1. The van der Waals surface area contributed by atoms with E-state index in [0.717, 1.165) is 10.2 Å². The summed E-state index contributed by atoms with van der Waals surface area (Å²) in [4.78, 5) is 39.6. The van der Waals surface area contributed by atoms with E-state index in [-0.39, 0.29) is 45.6 Å². The zero-order chi connectivity index (χ0) is 25.7. The molecule has 3 aromatic carbocycles. The zero-order valence-corrected chi connectivity index (χ0v) is 20.0. The van der Waals surface area contributed by atoms with Gasteiger partial charge in [-0.2, -0.15) is 5.10 Å². The number of hydrogen-bond donors (Lipinski definition) is 2. The van der Waals surface area contributed by atoms with Crippen molar-refractivity contribution in [1.29, 1.82) is 0 Å². The van der Waals surface area contributed by atoms with Crippen molar-refractivity contribution in [2.24, 2.45) is 0 Å². The van der Waals surface area contributed by atoms with Gasteiger partial charge in [-0.3, -0.25) is 15.0 Å². The van der Waals surface area contributed by atoms with Gasteiger partial charge in [-0.15, -0.1) is 4.83 Å². The molecule has 0 unspecified atom stereocenters. The third-order valence-electron chi connectivity index (χ3n) is 5.23. The van der Waals surface area contributed by atoms with E-state index in [1.54, 1.807) is 31.2 Å². The van der Waals surface area contributed by atoms with Crippen molar-refractivity contribution in [3.63, 3.8) is 0 Å². The molecule has 0 bridgehead atoms. The number of rotatable bonds is 8. The van der Waals surface area contributed by atoms with Crippen LogP contribution in [0.25, 0.3) is 10.8 Å². The smallest absolute Gasteiger partial charge is 0.338 e. The standard InChI is InChI=1S/C25H22N4O6S/c1-2-35-25(32)18-12-14-19(15-13-18)36(33,34)28-26-23(30)22-20-10-6-7-11-21(20)24(31)29(27-22)16-17-8-4-3-5-9-17/h3-15,28H,2,16H2,1H3,(H,26,30). The Labute approximate surface area is 206 Å². The van der Waals surface area contributed by atoms with Gasteiger partial charge < -0.3 is 4.74 Å². The lowest BCUT2D eigenvalue weighted by molar-refractivity contribution is 0.0526. The van der Waals surface area contributed by atoms with Gasteiger partial charge in [-0.1, -0.05) is 48.5 Å². The quantitative estimate of drug-likeness (QED) is 0.276. The fraction of sp³-hybridized carbons (Fsp3) is 0.120. The zero-order valence-electron chi connectivity index (χ0n) is 19.2. The first-order chi connectivity index (χ1) is 17.3. The number of ether oxygens (including phenoxy) is 1. The van der Waals surface area contributed by atoms with Crippen molar-refractivity contribution in [3.8, 4) is 0 Å². The van der Waals surface area contributed by atoms with Gasteiger partial charge in [0.2, 0.25) is 0 Å². The van der Waals surface area contributed by atoms with E-state index in [9.17, 15) is 22.8 Å². The topological polar surface area (TPSA) is 136 Å². The van der Waals surface area contributed by atoms with Gasteiger partial charge in [0.15, 0.2) is 5.69 Å². The summed E-state index contributed by atoms with van der Waals surface area (Å²) in [5.41, 5.74) is 2.64. The van der Waals surface area contributed by atoms with Crippen LogP contribution in [0.3, 0.4) is 0 Å². The van der Waals surface area contributed by atoms with Crippen LogP contribution in [-0.2, 0) is 21.3 Å². The Balaban J connectivity index is 1.59. The van der Waals surface area contributed by atoms with Crippen molar-refractivity contribution in [1.82, 2.24) is 20.0 Å². The Hall–Kier alpha value is -4.35. The number of amides is 1. The molecule has 11 heteroatoms. The summed E-state index contributed by atoms with van der Waals surface area (Å²) in [5.74, 6) is -1.42. The van der Waals surface area contributed by atoms with Gasteiger partial charge in [0.1, 0.15) is 0 Å². The highest BCUT2D eigenvalue weighted by atomic mass is 32.2. The van der Waals surface area contributed by atoms with Crippen molar-refractivity contribution in [3.05, 3.63) is 106 Å². The number of aromatic nitrogens is 2. The third-order valence-corrected chi connectivity index (χ3v) is 6.50. The summed E-state index contributed by atoms with van der Waals surface area (Å²) < 4.78 is 31.4. The number of hydrogen-bond acceptors (Lipinski definition) is 7. The normalized spacial score (nSPS) is 11.2. The number of benzene rings is 3. The molecule has 4 aromatic rings. The molecule has 0 spiro atoms. The maximum absolute atomic E-state index is 13.0. The maximum atomic E-state index is 13.0. The van der Waals surface area contributed by atoms with Crippen LogP contribution < -0.4 is 15.8 Å². The molecular formula is C25H22N4O6S. The summed E-state index contributed by atoms with van der Waals surface area (Å²) in [6, 6.07) is 20.6. The lowest BCUT2D eigenvalue weighted by atomic mass is 10.1. The minimum absolute atomic E-state index is 0.124. The second-order valence-corrected chi connectivity index (χ2v) is 9.33. The molecule has 0 aliphatic heterocycles. The molecule has 36 heavy (non-hydrogen) atoms. The molecule has 184 valence electrons. The van der Waals surface area contributed by atoms with Crippen LogP contribution in [0.4, 0.5) is 0 Å². The molecule has 1 aromatic heterocycles. The molecule has 1 amide bonds. The van der Waals surface area contributed by atoms with E-state index in [4.69, 9.17) is 4.74 Å². The summed E-state index contributed by atoms with van der Waals surface area (Å²) in [6.07, 6.45) is 0. The molecule has 2 N–H and O–H groups in total. The van der Waals surface area contributed by atoms with E-state index in [2.05, 4.69) is 10.5 Å².